The van der Waals surface area contributed by atoms with Gasteiger partial charge in [0.05, 0.1) is 5.92 Å². The number of hydrogen-bond acceptors (Lipinski definition) is 1. The number of carbonyl (C=O) groups excluding carboxylic acids is 1. The summed E-state index contributed by atoms with van der Waals surface area (Å²) in [6.45, 7) is 0. The van der Waals surface area contributed by atoms with Crippen molar-refractivity contribution in [1.82, 2.24) is 0 Å². The van der Waals surface area contributed by atoms with Gasteiger partial charge in [0.15, 0.2) is 0 Å². The molecule has 12 heavy (non-hydrogen) atoms. The monoisotopic (exact) mass is 159 g/mol. The average Bonchev–Trinajstić information content (AvgIpc) is 2.47. The van der Waals surface area contributed by atoms with Crippen molar-refractivity contribution in [3.05, 3.63) is 41.5 Å². The Morgan fingerprint density at radius 1 is 1.33 bits per heavy atom. The van der Waals surface area contributed by atoms with E-state index in [1.807, 2.05) is 36.4 Å². The van der Waals surface area contributed by atoms with Gasteiger partial charge in [-0.1, -0.05) is 36.4 Å². The quantitative estimate of drug-likeness (QED) is 0.659. The summed E-state index contributed by atoms with van der Waals surface area (Å²) in [5.74, 6) is -0.502. The van der Waals surface area contributed by atoms with E-state index in [9.17, 15) is 4.79 Å². The number of primary amides is 1. The summed E-state index contributed by atoms with van der Waals surface area (Å²) in [6, 6.07) is 7.79. The Kier molecular flexibility index (Phi) is 1.47. The molecule has 0 fully saturated rings. The molecular weight excluding hydrogens is 150 g/mol. The Bertz CT molecular complexity index is 355. The number of amides is 1. The minimum absolute atomic E-state index is 0.221. The summed E-state index contributed by atoms with van der Waals surface area (Å²) < 4.78 is 0. The van der Waals surface area contributed by atoms with Crippen molar-refractivity contribution in [2.75, 3.05) is 0 Å². The van der Waals surface area contributed by atoms with Gasteiger partial charge in [-0.25, -0.2) is 0 Å². The van der Waals surface area contributed by atoms with Gasteiger partial charge in [0.2, 0.25) is 5.91 Å². The van der Waals surface area contributed by atoms with Crippen LogP contribution < -0.4 is 5.73 Å². The van der Waals surface area contributed by atoms with Crippen LogP contribution in [0.2, 0.25) is 0 Å². The van der Waals surface area contributed by atoms with Crippen LogP contribution in [0.1, 0.15) is 17.0 Å². The van der Waals surface area contributed by atoms with Crippen LogP contribution in [0.15, 0.2) is 30.3 Å². The normalized spacial score (nSPS) is 19.2. The fourth-order valence-corrected chi connectivity index (χ4v) is 1.50. The van der Waals surface area contributed by atoms with Gasteiger partial charge in [-0.15, -0.1) is 0 Å². The van der Waals surface area contributed by atoms with E-state index < -0.39 is 0 Å². The Morgan fingerprint density at radius 3 is 2.83 bits per heavy atom. The summed E-state index contributed by atoms with van der Waals surface area (Å²) in [5.41, 5.74) is 7.34. The molecule has 60 valence electrons. The van der Waals surface area contributed by atoms with Gasteiger partial charge >= 0.3 is 0 Å². The average molecular weight is 159 g/mol. The first-order valence-electron chi connectivity index (χ1n) is 3.85. The minimum atomic E-state index is -0.281. The van der Waals surface area contributed by atoms with E-state index in [2.05, 4.69) is 0 Å². The van der Waals surface area contributed by atoms with Gasteiger partial charge in [0, 0.05) is 0 Å². The Labute approximate surface area is 70.7 Å². The SMILES string of the molecule is NC(=O)[C@H]1C=Cc2ccccc21. The molecule has 2 rings (SSSR count). The minimum Gasteiger partial charge on any atom is -0.369 e. The molecule has 0 aromatic heterocycles. The molecule has 0 heterocycles. The summed E-state index contributed by atoms with van der Waals surface area (Å²) >= 11 is 0. The van der Waals surface area contributed by atoms with Crippen LogP contribution in [-0.2, 0) is 4.79 Å². The number of fused-ring (bicyclic) bond motifs is 1. The maximum absolute atomic E-state index is 10.9. The van der Waals surface area contributed by atoms with Crippen LogP contribution in [0.4, 0.5) is 0 Å². The van der Waals surface area contributed by atoms with E-state index in [1.54, 1.807) is 0 Å². The van der Waals surface area contributed by atoms with Gasteiger partial charge in [0.25, 0.3) is 0 Å². The lowest BCUT2D eigenvalue weighted by Gasteiger charge is -2.04. The van der Waals surface area contributed by atoms with E-state index in [-0.39, 0.29) is 11.8 Å². The summed E-state index contributed by atoms with van der Waals surface area (Å²) in [5, 5.41) is 0. The zero-order chi connectivity index (χ0) is 8.55. The van der Waals surface area contributed by atoms with E-state index >= 15 is 0 Å². The topological polar surface area (TPSA) is 43.1 Å². The standard InChI is InChI=1S/C10H9NO/c11-10(12)9-6-5-7-3-1-2-4-8(7)9/h1-6,9H,(H2,11,12)/t9-/m0/s1. The van der Waals surface area contributed by atoms with Crippen molar-refractivity contribution in [1.29, 1.82) is 0 Å². The zero-order valence-corrected chi connectivity index (χ0v) is 6.53. The Hall–Kier alpha value is -1.57. The fourth-order valence-electron chi connectivity index (χ4n) is 1.50. The second kappa shape index (κ2) is 2.48. The summed E-state index contributed by atoms with van der Waals surface area (Å²) in [6.07, 6.45) is 3.78. The van der Waals surface area contributed by atoms with E-state index in [0.717, 1.165) is 11.1 Å². The molecule has 0 saturated carbocycles. The third-order valence-corrected chi connectivity index (χ3v) is 2.11. The highest BCUT2D eigenvalue weighted by atomic mass is 16.1. The largest absolute Gasteiger partial charge is 0.369 e. The van der Waals surface area contributed by atoms with Crippen molar-refractivity contribution in [3.63, 3.8) is 0 Å². The molecule has 1 aliphatic carbocycles. The smallest absolute Gasteiger partial charge is 0.228 e. The van der Waals surface area contributed by atoms with Gasteiger partial charge in [-0.2, -0.15) is 0 Å². The molecule has 0 spiro atoms. The van der Waals surface area contributed by atoms with Crippen LogP contribution >= 0.6 is 0 Å². The highest BCUT2D eigenvalue weighted by Crippen LogP contribution is 2.28. The molecule has 1 atom stereocenters. The predicted molar refractivity (Wildman–Crippen MR) is 47.4 cm³/mol. The van der Waals surface area contributed by atoms with Crippen molar-refractivity contribution in [2.45, 2.75) is 5.92 Å². The third kappa shape index (κ3) is 0.925. The van der Waals surface area contributed by atoms with Gasteiger partial charge in [0.1, 0.15) is 0 Å². The molecule has 2 N–H and O–H groups in total. The lowest BCUT2D eigenvalue weighted by Crippen LogP contribution is -2.18. The molecule has 1 aromatic carbocycles. The number of hydrogen-bond donors (Lipinski definition) is 1. The number of carbonyl (C=O) groups is 1. The van der Waals surface area contributed by atoms with Gasteiger partial charge in [-0.3, -0.25) is 4.79 Å². The molecule has 1 aromatic rings. The Morgan fingerprint density at radius 2 is 2.08 bits per heavy atom. The first-order chi connectivity index (χ1) is 5.79. The molecule has 0 aliphatic heterocycles. The van der Waals surface area contributed by atoms with Crippen molar-refractivity contribution < 1.29 is 4.79 Å². The molecular formula is C10H9NO. The van der Waals surface area contributed by atoms with E-state index in [0.29, 0.717) is 0 Å². The highest BCUT2D eigenvalue weighted by Gasteiger charge is 2.20. The number of benzene rings is 1. The first kappa shape index (κ1) is 7.10. The first-order valence-corrected chi connectivity index (χ1v) is 3.85. The van der Waals surface area contributed by atoms with Crippen LogP contribution in [0.3, 0.4) is 0 Å². The van der Waals surface area contributed by atoms with Crippen LogP contribution in [-0.4, -0.2) is 5.91 Å². The molecule has 2 heteroatoms. The van der Waals surface area contributed by atoms with Crippen molar-refractivity contribution >= 4 is 12.0 Å². The second-order valence-corrected chi connectivity index (χ2v) is 2.87. The molecule has 0 bridgehead atoms. The molecule has 0 saturated heterocycles. The van der Waals surface area contributed by atoms with Crippen molar-refractivity contribution in [3.8, 4) is 0 Å². The van der Waals surface area contributed by atoms with Crippen LogP contribution in [0.25, 0.3) is 6.08 Å². The molecule has 1 aliphatic rings. The molecule has 2 nitrogen and oxygen atoms in total. The van der Waals surface area contributed by atoms with Crippen LogP contribution in [0, 0.1) is 0 Å². The molecule has 0 unspecified atom stereocenters. The predicted octanol–water partition coefficient (Wildman–Crippen LogP) is 1.28. The maximum Gasteiger partial charge on any atom is 0.228 e. The zero-order valence-electron chi connectivity index (χ0n) is 6.53. The lowest BCUT2D eigenvalue weighted by molar-refractivity contribution is -0.118. The Balaban J connectivity index is 2.49. The maximum atomic E-state index is 10.9. The van der Waals surface area contributed by atoms with Gasteiger partial charge < -0.3 is 5.73 Å². The highest BCUT2D eigenvalue weighted by molar-refractivity contribution is 5.89. The summed E-state index contributed by atoms with van der Waals surface area (Å²) in [7, 11) is 0. The molecule has 0 radical (unpaired) electrons. The number of nitrogens with two attached hydrogens (primary N) is 1. The number of rotatable bonds is 1. The van der Waals surface area contributed by atoms with Crippen molar-refractivity contribution in [2.24, 2.45) is 5.73 Å². The second-order valence-electron chi connectivity index (χ2n) is 2.87. The van der Waals surface area contributed by atoms with Crippen LogP contribution in [0.5, 0.6) is 0 Å². The lowest BCUT2D eigenvalue weighted by atomic mass is 10.0. The third-order valence-electron chi connectivity index (χ3n) is 2.11. The molecule has 1 amide bonds. The van der Waals surface area contributed by atoms with E-state index in [1.165, 1.54) is 0 Å². The van der Waals surface area contributed by atoms with Gasteiger partial charge in [-0.05, 0) is 11.1 Å². The fraction of sp³-hybridized carbons (Fsp3) is 0.100. The summed E-state index contributed by atoms with van der Waals surface area (Å²) in [4.78, 5) is 10.9. The van der Waals surface area contributed by atoms with E-state index in [4.69, 9.17) is 5.73 Å².